The predicted octanol–water partition coefficient (Wildman–Crippen LogP) is 6.01. The van der Waals surface area contributed by atoms with Crippen molar-refractivity contribution >= 4 is 34.5 Å². The highest BCUT2D eigenvalue weighted by molar-refractivity contribution is 5.95. The van der Waals surface area contributed by atoms with Crippen molar-refractivity contribution in [3.8, 4) is 5.75 Å². The van der Waals surface area contributed by atoms with Gasteiger partial charge in [0.1, 0.15) is 11.2 Å². The van der Waals surface area contributed by atoms with Gasteiger partial charge in [0.2, 0.25) is 11.5 Å². The summed E-state index contributed by atoms with van der Waals surface area (Å²) in [6.45, 7) is 10.5. The third-order valence-electron chi connectivity index (χ3n) is 16.8. The highest BCUT2D eigenvalue weighted by atomic mass is 19.3. The lowest BCUT2D eigenvalue weighted by Gasteiger charge is -2.63. The molecule has 6 heterocycles. The lowest BCUT2D eigenvalue weighted by atomic mass is 9.47. The van der Waals surface area contributed by atoms with Crippen molar-refractivity contribution in [2.75, 3.05) is 72.5 Å². The maximum atomic E-state index is 15.5. The summed E-state index contributed by atoms with van der Waals surface area (Å²) in [6, 6.07) is 8.90. The highest BCUT2D eigenvalue weighted by Crippen LogP contribution is 2.68. The Balaban J connectivity index is 1.33. The van der Waals surface area contributed by atoms with Crippen molar-refractivity contribution in [2.24, 2.45) is 17.3 Å². The molecule has 1 saturated carbocycles. The molecule has 2 saturated heterocycles. The van der Waals surface area contributed by atoms with E-state index in [1.807, 2.05) is 43.2 Å². The number of halogens is 2. The number of benzene rings is 2. The van der Waals surface area contributed by atoms with E-state index >= 15 is 13.6 Å². The third-order valence-corrected chi connectivity index (χ3v) is 16.8. The molecular weight excluding hydrogens is 849 g/mol. The van der Waals surface area contributed by atoms with Crippen LogP contribution in [-0.2, 0) is 52.4 Å². The van der Waals surface area contributed by atoms with Crippen molar-refractivity contribution in [3.63, 3.8) is 0 Å². The van der Waals surface area contributed by atoms with Gasteiger partial charge in [-0.3, -0.25) is 14.5 Å². The average molecular weight is 916 g/mol. The van der Waals surface area contributed by atoms with Gasteiger partial charge in [-0.05, 0) is 99.3 Å². The number of methoxy groups -OCH3 is 3. The fourth-order valence-corrected chi connectivity index (χ4v) is 14.2. The Hall–Kier alpha value is -4.57. The first-order valence-corrected chi connectivity index (χ1v) is 23.9. The number of likely N-dealkylation sites (N-methyl/N-ethyl adjacent to an activating group) is 1. The monoisotopic (exact) mass is 915 g/mol. The number of aromatic nitrogens is 1. The summed E-state index contributed by atoms with van der Waals surface area (Å²) in [5.41, 5.74) is -0.467. The van der Waals surface area contributed by atoms with E-state index < -0.39 is 63.7 Å². The smallest absolute Gasteiger partial charge is 0.344 e. The molecule has 0 amide bonds. The highest BCUT2D eigenvalue weighted by Gasteiger charge is 2.80. The van der Waals surface area contributed by atoms with Crippen LogP contribution in [0.25, 0.3) is 10.9 Å². The number of aromatic amines is 1. The molecule has 15 heteroatoms. The molecule has 6 aliphatic rings. The maximum Gasteiger partial charge on any atom is 0.344 e. The summed E-state index contributed by atoms with van der Waals surface area (Å²) in [4.78, 5) is 53.3. The van der Waals surface area contributed by atoms with Crippen molar-refractivity contribution in [2.45, 2.75) is 120 Å². The Bertz CT molecular complexity index is 2440. The number of rotatable bonds is 12. The summed E-state index contributed by atoms with van der Waals surface area (Å²) in [5.74, 6) is -5.94. The molecule has 1 aromatic heterocycles. The molecule has 2 bridgehead atoms. The first kappa shape index (κ1) is 46.5. The van der Waals surface area contributed by atoms with E-state index in [0.717, 1.165) is 53.9 Å². The Kier molecular flexibility index (Phi) is 11.9. The normalized spacial score (nSPS) is 33.5. The molecule has 13 nitrogen and oxygen atoms in total. The number of carbonyl (C=O) groups is 3. The third kappa shape index (κ3) is 6.67. The number of piperidine rings is 1. The van der Waals surface area contributed by atoms with Crippen LogP contribution in [0.5, 0.6) is 5.75 Å². The lowest BCUT2D eigenvalue weighted by molar-refractivity contribution is -0.228. The molecule has 2 aromatic carbocycles. The molecule has 9 rings (SSSR count). The van der Waals surface area contributed by atoms with Gasteiger partial charge < -0.3 is 44.2 Å². The fourth-order valence-electron chi connectivity index (χ4n) is 14.2. The standard InChI is InChI=1S/C51H67F2N5O8/c1-9-11-18-54-27-31-13-14-38-35(23-31)34-15-20-57-28-32(22-33(29-57)47(4,52)53)26-50(41(34)55-38,45(60)64-7)37-24-36-39(25-40(37)63-6)56(5)43-49(36)17-21-58-19-12-16-48(10-2,42(49)58)44(66-30(3)59)51(43,62)46(61)65-8/h12-14,16,23-25,32-33,42-44,54-55,62H,9-11,15,17-22,26-29H2,1-8H3/t32?,33?,42?,43?,44-,48-,49?,50-,51+/m0/s1. The number of alkyl halides is 2. The van der Waals surface area contributed by atoms with Gasteiger partial charge in [0.05, 0.1) is 27.4 Å². The zero-order valence-electron chi connectivity index (χ0n) is 39.7. The van der Waals surface area contributed by atoms with Crippen molar-refractivity contribution < 1.29 is 47.2 Å². The van der Waals surface area contributed by atoms with Crippen molar-refractivity contribution in [1.29, 1.82) is 0 Å². The van der Waals surface area contributed by atoms with Crippen molar-refractivity contribution in [3.05, 3.63) is 70.4 Å². The van der Waals surface area contributed by atoms with Gasteiger partial charge in [-0.2, -0.15) is 0 Å². The SMILES string of the molecule is CCCCNCc1ccc2[nH]c3c(c2c1)CCN1CC(CC(C(C)(F)F)C1)C[C@]3(C(=O)OC)c1cc2c(cc1OC)N(C)C1C23CCN2CC=C[C@@](CC)(C23)[C@H](OC(C)=O)[C@@]1(O)C(=O)OC. The minimum absolute atomic E-state index is 0.146. The number of nitrogens with zero attached hydrogens (tertiary/aromatic N) is 3. The van der Waals surface area contributed by atoms with Crippen molar-refractivity contribution in [1.82, 2.24) is 20.1 Å². The second-order valence-corrected chi connectivity index (χ2v) is 20.2. The zero-order chi connectivity index (χ0) is 47.1. The average Bonchev–Trinajstić information content (AvgIpc) is 3.96. The Morgan fingerprint density at radius 3 is 2.47 bits per heavy atom. The fraction of sp³-hybridized carbons (Fsp3) is 0.627. The Morgan fingerprint density at radius 2 is 1.79 bits per heavy atom. The molecule has 3 aromatic rings. The lowest BCUT2D eigenvalue weighted by Crippen LogP contribution is -2.81. The number of aliphatic hydroxyl groups is 1. The van der Waals surface area contributed by atoms with E-state index in [9.17, 15) is 14.7 Å². The number of unbranched alkanes of at least 4 members (excludes halogenated alkanes) is 1. The minimum atomic E-state index is -2.94. The summed E-state index contributed by atoms with van der Waals surface area (Å²) >= 11 is 0. The zero-order valence-corrected chi connectivity index (χ0v) is 39.7. The van der Waals surface area contributed by atoms with Crippen LogP contribution >= 0.6 is 0 Å². The summed E-state index contributed by atoms with van der Waals surface area (Å²) < 4.78 is 55.1. The van der Waals surface area contributed by atoms with Gasteiger partial charge in [-0.15, -0.1) is 0 Å². The molecule has 358 valence electrons. The van der Waals surface area contributed by atoms with E-state index in [2.05, 4.69) is 45.2 Å². The second kappa shape index (κ2) is 16.9. The van der Waals surface area contributed by atoms with Crippen LogP contribution in [0.3, 0.4) is 0 Å². The number of nitrogens with one attached hydrogen (secondary N) is 2. The summed E-state index contributed by atoms with van der Waals surface area (Å²) in [5, 5.41) is 17.9. The first-order valence-electron chi connectivity index (χ1n) is 23.9. The number of anilines is 1. The molecule has 3 fully saturated rings. The van der Waals surface area contributed by atoms with E-state index in [4.69, 9.17) is 18.9 Å². The van der Waals surface area contributed by atoms with E-state index in [-0.39, 0.29) is 31.3 Å². The maximum absolute atomic E-state index is 15.5. The molecule has 1 spiro atoms. The van der Waals surface area contributed by atoms with E-state index in [0.29, 0.717) is 74.7 Å². The number of H-pyrrole nitrogens is 1. The predicted molar refractivity (Wildman–Crippen MR) is 246 cm³/mol. The van der Waals surface area contributed by atoms with Crippen LogP contribution in [0.2, 0.25) is 0 Å². The largest absolute Gasteiger partial charge is 0.496 e. The molecule has 5 aliphatic heterocycles. The number of carbonyl (C=O) groups excluding carboxylic acids is 3. The topological polar surface area (TPSA) is 146 Å². The molecule has 6 unspecified atom stereocenters. The Morgan fingerprint density at radius 1 is 1.02 bits per heavy atom. The second-order valence-electron chi connectivity index (χ2n) is 20.2. The number of hydrogen-bond acceptors (Lipinski definition) is 12. The number of fused-ring (bicyclic) bond motifs is 6. The van der Waals surface area contributed by atoms with Crippen LogP contribution in [0.1, 0.15) is 94.2 Å². The van der Waals surface area contributed by atoms with Crippen LogP contribution in [-0.4, -0.2) is 135 Å². The first-order chi connectivity index (χ1) is 31.5. The van der Waals surface area contributed by atoms with Crippen LogP contribution in [0.4, 0.5) is 14.5 Å². The van der Waals surface area contributed by atoms with Gasteiger partial charge in [-0.1, -0.05) is 38.5 Å². The quantitative estimate of drug-likeness (QED) is 0.0847. The van der Waals surface area contributed by atoms with Gasteiger partial charge in [-0.25, -0.2) is 13.6 Å². The molecule has 3 N–H and O–H groups in total. The van der Waals surface area contributed by atoms with Crippen LogP contribution in [0.15, 0.2) is 42.5 Å². The molecule has 66 heavy (non-hydrogen) atoms. The van der Waals surface area contributed by atoms with E-state index in [1.165, 1.54) is 21.1 Å². The molecule has 0 radical (unpaired) electrons. The van der Waals surface area contributed by atoms with E-state index in [1.54, 1.807) is 7.11 Å². The number of ether oxygens (including phenoxy) is 4. The summed E-state index contributed by atoms with van der Waals surface area (Å²) in [6.07, 6.45) is 6.65. The van der Waals surface area contributed by atoms with Gasteiger partial charge >= 0.3 is 17.9 Å². The number of esters is 3. The minimum Gasteiger partial charge on any atom is -0.496 e. The number of hydrogen-bond donors (Lipinski definition) is 3. The molecule has 1 aliphatic carbocycles. The van der Waals surface area contributed by atoms with Crippen LogP contribution in [0, 0.1) is 17.3 Å². The van der Waals surface area contributed by atoms with Crippen LogP contribution < -0.4 is 15.0 Å². The Labute approximate surface area is 386 Å². The summed E-state index contributed by atoms with van der Waals surface area (Å²) in [7, 11) is 6.00. The molecular formula is C51H67F2N5O8. The van der Waals surface area contributed by atoms with Gasteiger partial charge in [0.15, 0.2) is 6.10 Å². The molecule has 10 atom stereocenters. The van der Waals surface area contributed by atoms with Gasteiger partial charge in [0.25, 0.3) is 0 Å². The van der Waals surface area contributed by atoms with Gasteiger partial charge in [0, 0.05) is 103 Å².